The summed E-state index contributed by atoms with van der Waals surface area (Å²) in [4.78, 5) is 22.2. The summed E-state index contributed by atoms with van der Waals surface area (Å²) in [6.07, 6.45) is 3.65. The third-order valence-electron chi connectivity index (χ3n) is 3.63. The van der Waals surface area contributed by atoms with Crippen molar-refractivity contribution in [2.75, 3.05) is 0 Å². The highest BCUT2D eigenvalue weighted by molar-refractivity contribution is 5.87. The summed E-state index contributed by atoms with van der Waals surface area (Å²) >= 11 is 0. The number of carboxylic acids is 1. The minimum Gasteiger partial charge on any atom is -0.479 e. The Morgan fingerprint density at radius 3 is 2.50 bits per heavy atom. The van der Waals surface area contributed by atoms with Crippen LogP contribution in [-0.2, 0) is 9.59 Å². The Morgan fingerprint density at radius 2 is 2.14 bits per heavy atom. The molecular formula is C10H15NO3. The van der Waals surface area contributed by atoms with Crippen molar-refractivity contribution in [1.29, 1.82) is 0 Å². The van der Waals surface area contributed by atoms with Crippen LogP contribution in [0.5, 0.6) is 0 Å². The van der Waals surface area contributed by atoms with Crippen LogP contribution in [0.2, 0.25) is 0 Å². The van der Waals surface area contributed by atoms with E-state index in [-0.39, 0.29) is 11.8 Å². The van der Waals surface area contributed by atoms with Gasteiger partial charge >= 0.3 is 5.97 Å². The lowest BCUT2D eigenvalue weighted by Crippen LogP contribution is -2.57. The topological polar surface area (TPSA) is 66.4 Å². The van der Waals surface area contributed by atoms with Crippen molar-refractivity contribution in [1.82, 2.24) is 5.32 Å². The third kappa shape index (κ3) is 1.21. The molecule has 2 bridgehead atoms. The number of hydrogen-bond donors (Lipinski definition) is 2. The number of carbonyl (C=O) groups excluding carboxylic acids is 1. The van der Waals surface area contributed by atoms with E-state index in [0.717, 1.165) is 19.3 Å². The van der Waals surface area contributed by atoms with E-state index < -0.39 is 11.5 Å². The maximum Gasteiger partial charge on any atom is 0.329 e. The molecule has 1 amide bonds. The molecule has 2 rings (SSSR count). The van der Waals surface area contributed by atoms with E-state index in [2.05, 4.69) is 5.32 Å². The van der Waals surface area contributed by atoms with Crippen molar-refractivity contribution in [3.8, 4) is 0 Å². The van der Waals surface area contributed by atoms with Crippen molar-refractivity contribution in [3.63, 3.8) is 0 Å². The van der Waals surface area contributed by atoms with Crippen LogP contribution >= 0.6 is 0 Å². The molecule has 0 aromatic rings. The second-order valence-electron chi connectivity index (χ2n) is 4.54. The molecule has 0 aromatic heterocycles. The summed E-state index contributed by atoms with van der Waals surface area (Å²) in [5, 5.41) is 11.9. The zero-order valence-electron chi connectivity index (χ0n) is 8.25. The van der Waals surface area contributed by atoms with Gasteiger partial charge in [-0.15, -0.1) is 0 Å². The SMILES string of the molecule is CC(=O)NC1(C(=O)O)CC2CCC1C2. The molecule has 3 atom stereocenters. The number of aliphatic carboxylic acids is 1. The minimum absolute atomic E-state index is 0.147. The van der Waals surface area contributed by atoms with Crippen LogP contribution in [0.4, 0.5) is 0 Å². The molecule has 2 aliphatic rings. The lowest BCUT2D eigenvalue weighted by atomic mass is 9.81. The van der Waals surface area contributed by atoms with Crippen LogP contribution in [0, 0.1) is 11.8 Å². The fourth-order valence-electron chi connectivity index (χ4n) is 3.11. The molecule has 14 heavy (non-hydrogen) atoms. The number of carboxylic acid groups (broad SMARTS) is 1. The van der Waals surface area contributed by atoms with Gasteiger partial charge in [0.1, 0.15) is 5.54 Å². The summed E-state index contributed by atoms with van der Waals surface area (Å²) in [5.41, 5.74) is -0.950. The van der Waals surface area contributed by atoms with Gasteiger partial charge in [-0.25, -0.2) is 4.79 Å². The van der Waals surface area contributed by atoms with E-state index in [1.54, 1.807) is 0 Å². The average molecular weight is 197 g/mol. The molecular weight excluding hydrogens is 182 g/mol. The van der Waals surface area contributed by atoms with Crippen molar-refractivity contribution in [2.45, 2.75) is 38.1 Å². The van der Waals surface area contributed by atoms with Gasteiger partial charge in [0, 0.05) is 6.92 Å². The fourth-order valence-corrected chi connectivity index (χ4v) is 3.11. The van der Waals surface area contributed by atoms with E-state index in [1.807, 2.05) is 0 Å². The van der Waals surface area contributed by atoms with E-state index in [4.69, 9.17) is 0 Å². The number of carbonyl (C=O) groups is 2. The van der Waals surface area contributed by atoms with Gasteiger partial charge in [0.15, 0.2) is 0 Å². The molecule has 2 N–H and O–H groups in total. The number of fused-ring (bicyclic) bond motifs is 2. The summed E-state index contributed by atoms with van der Waals surface area (Å²) in [6, 6.07) is 0. The molecule has 0 aliphatic heterocycles. The maximum atomic E-state index is 11.2. The molecule has 0 spiro atoms. The highest BCUT2D eigenvalue weighted by atomic mass is 16.4. The predicted octanol–water partition coefficient (Wildman–Crippen LogP) is 0.766. The lowest BCUT2D eigenvalue weighted by molar-refractivity contribution is -0.150. The zero-order chi connectivity index (χ0) is 10.3. The average Bonchev–Trinajstić information content (AvgIpc) is 2.61. The van der Waals surface area contributed by atoms with Crippen LogP contribution in [0.3, 0.4) is 0 Å². The van der Waals surface area contributed by atoms with Crippen LogP contribution < -0.4 is 5.32 Å². The highest BCUT2D eigenvalue weighted by Gasteiger charge is 2.56. The Labute approximate surface area is 82.7 Å². The first-order chi connectivity index (χ1) is 6.54. The first-order valence-electron chi connectivity index (χ1n) is 5.07. The maximum absolute atomic E-state index is 11.2. The van der Waals surface area contributed by atoms with Crippen molar-refractivity contribution >= 4 is 11.9 Å². The smallest absolute Gasteiger partial charge is 0.329 e. The first kappa shape index (κ1) is 9.49. The zero-order valence-corrected chi connectivity index (χ0v) is 8.25. The van der Waals surface area contributed by atoms with Gasteiger partial charge < -0.3 is 10.4 Å². The van der Waals surface area contributed by atoms with Crippen LogP contribution in [0.15, 0.2) is 0 Å². The van der Waals surface area contributed by atoms with Crippen molar-refractivity contribution in [3.05, 3.63) is 0 Å². The van der Waals surface area contributed by atoms with Crippen LogP contribution in [0.25, 0.3) is 0 Å². The fraction of sp³-hybridized carbons (Fsp3) is 0.800. The molecule has 78 valence electrons. The number of nitrogens with one attached hydrogen (secondary N) is 1. The van der Waals surface area contributed by atoms with Crippen molar-refractivity contribution in [2.24, 2.45) is 11.8 Å². The quantitative estimate of drug-likeness (QED) is 0.687. The highest BCUT2D eigenvalue weighted by Crippen LogP contribution is 2.50. The van der Waals surface area contributed by atoms with Gasteiger partial charge in [0.05, 0.1) is 0 Å². The summed E-state index contributed by atoms with van der Waals surface area (Å²) < 4.78 is 0. The number of amides is 1. The number of hydrogen-bond acceptors (Lipinski definition) is 2. The molecule has 0 radical (unpaired) electrons. The second kappa shape index (κ2) is 2.97. The third-order valence-corrected chi connectivity index (χ3v) is 3.63. The van der Waals surface area contributed by atoms with Crippen molar-refractivity contribution < 1.29 is 14.7 Å². The monoisotopic (exact) mass is 197 g/mol. The predicted molar refractivity (Wildman–Crippen MR) is 49.6 cm³/mol. The molecule has 3 unspecified atom stereocenters. The Morgan fingerprint density at radius 1 is 1.43 bits per heavy atom. The van der Waals surface area contributed by atoms with E-state index in [0.29, 0.717) is 12.3 Å². The molecule has 0 heterocycles. The van der Waals surface area contributed by atoms with Gasteiger partial charge in [-0.1, -0.05) is 0 Å². The van der Waals surface area contributed by atoms with E-state index >= 15 is 0 Å². The standard InChI is InChI=1S/C10H15NO3/c1-6(12)11-10(9(13)14)5-7-2-3-8(10)4-7/h7-8H,2-5H2,1H3,(H,11,12)(H,13,14). The van der Waals surface area contributed by atoms with Gasteiger partial charge in [-0.05, 0) is 37.5 Å². The lowest BCUT2D eigenvalue weighted by Gasteiger charge is -2.33. The Hall–Kier alpha value is -1.06. The molecule has 2 saturated carbocycles. The van der Waals surface area contributed by atoms with E-state index in [9.17, 15) is 14.7 Å². The summed E-state index contributed by atoms with van der Waals surface area (Å²) in [6.45, 7) is 1.39. The van der Waals surface area contributed by atoms with Gasteiger partial charge in [-0.3, -0.25) is 4.79 Å². The summed E-state index contributed by atoms with van der Waals surface area (Å²) in [7, 11) is 0. The van der Waals surface area contributed by atoms with Gasteiger partial charge in [-0.2, -0.15) is 0 Å². The largest absolute Gasteiger partial charge is 0.479 e. The molecule has 2 aliphatic carbocycles. The molecule has 4 heteroatoms. The van der Waals surface area contributed by atoms with Gasteiger partial charge in [0.2, 0.25) is 5.91 Å². The van der Waals surface area contributed by atoms with Crippen LogP contribution in [0.1, 0.15) is 32.6 Å². The summed E-state index contributed by atoms with van der Waals surface area (Å²) in [5.74, 6) is -0.448. The van der Waals surface area contributed by atoms with Crippen LogP contribution in [-0.4, -0.2) is 22.5 Å². The molecule has 2 fully saturated rings. The number of rotatable bonds is 2. The Balaban J connectivity index is 2.24. The van der Waals surface area contributed by atoms with E-state index in [1.165, 1.54) is 6.92 Å². The minimum atomic E-state index is -0.950. The Bertz CT molecular complexity index is 289. The first-order valence-corrected chi connectivity index (χ1v) is 5.07. The normalized spacial score (nSPS) is 39.8. The van der Waals surface area contributed by atoms with Gasteiger partial charge in [0.25, 0.3) is 0 Å². The Kier molecular flexibility index (Phi) is 2.01. The molecule has 4 nitrogen and oxygen atoms in total. The molecule has 0 saturated heterocycles. The molecule has 0 aromatic carbocycles. The second-order valence-corrected chi connectivity index (χ2v) is 4.54.